The van der Waals surface area contributed by atoms with Crippen LogP contribution in [0.25, 0.3) is 10.9 Å². The molecule has 0 radical (unpaired) electrons. The molecule has 0 amide bonds. The third-order valence-corrected chi connectivity index (χ3v) is 4.63. The van der Waals surface area contributed by atoms with Crippen LogP contribution in [0.4, 0.5) is 0 Å². The topological polar surface area (TPSA) is 43.7 Å². The summed E-state index contributed by atoms with van der Waals surface area (Å²) in [7, 11) is 3.00. The molecule has 0 N–H and O–H groups in total. The van der Waals surface area contributed by atoms with Crippen molar-refractivity contribution in [2.24, 2.45) is 0 Å². The van der Waals surface area contributed by atoms with Crippen LogP contribution in [-0.2, 0) is 11.3 Å². The molecule has 5 heteroatoms. The molecule has 0 aliphatic heterocycles. The van der Waals surface area contributed by atoms with Gasteiger partial charge in [0, 0.05) is 30.6 Å². The third-order valence-electron chi connectivity index (χ3n) is 4.63. The molecule has 0 saturated heterocycles. The van der Waals surface area contributed by atoms with E-state index in [9.17, 15) is 4.79 Å². The number of rotatable bonds is 8. The average molecular weight is 346 g/mol. The van der Waals surface area contributed by atoms with E-state index in [0.29, 0.717) is 23.5 Å². The van der Waals surface area contributed by atoms with Crippen LogP contribution < -0.4 is 4.74 Å². The predicted octanol–water partition coefficient (Wildman–Crippen LogP) is 3.95. The SMILES string of the molecule is COC(=O)c1c(OC)c2ccccc2n1CCCN(C(C)C)C(C)C. The maximum Gasteiger partial charge on any atom is 0.358 e. The summed E-state index contributed by atoms with van der Waals surface area (Å²) in [5.74, 6) is 0.227. The molecule has 0 bridgehead atoms. The third kappa shape index (κ3) is 3.98. The normalized spacial score (nSPS) is 11.7. The van der Waals surface area contributed by atoms with Gasteiger partial charge in [-0.1, -0.05) is 12.1 Å². The molecule has 0 saturated carbocycles. The largest absolute Gasteiger partial charge is 0.494 e. The number of nitrogens with zero attached hydrogens (tertiary/aromatic N) is 2. The highest BCUT2D eigenvalue weighted by Gasteiger charge is 2.24. The Labute approximate surface area is 150 Å². The van der Waals surface area contributed by atoms with E-state index in [4.69, 9.17) is 9.47 Å². The minimum Gasteiger partial charge on any atom is -0.494 e. The summed E-state index contributed by atoms with van der Waals surface area (Å²) in [4.78, 5) is 14.8. The fraction of sp³-hybridized carbons (Fsp3) is 0.550. The van der Waals surface area contributed by atoms with Crippen molar-refractivity contribution >= 4 is 16.9 Å². The van der Waals surface area contributed by atoms with Gasteiger partial charge < -0.3 is 14.0 Å². The molecule has 138 valence electrons. The maximum absolute atomic E-state index is 12.4. The Morgan fingerprint density at radius 2 is 1.76 bits per heavy atom. The highest BCUT2D eigenvalue weighted by molar-refractivity contribution is 6.01. The van der Waals surface area contributed by atoms with Gasteiger partial charge >= 0.3 is 5.97 Å². The van der Waals surface area contributed by atoms with E-state index in [1.807, 2.05) is 28.8 Å². The first-order valence-corrected chi connectivity index (χ1v) is 8.91. The Kier molecular flexibility index (Phi) is 6.48. The zero-order valence-electron chi connectivity index (χ0n) is 16.2. The summed E-state index contributed by atoms with van der Waals surface area (Å²) in [6.45, 7) is 10.6. The Bertz CT molecular complexity index is 711. The van der Waals surface area contributed by atoms with E-state index in [0.717, 1.165) is 30.4 Å². The molecule has 0 fully saturated rings. The maximum atomic E-state index is 12.4. The summed E-state index contributed by atoms with van der Waals surface area (Å²) >= 11 is 0. The van der Waals surface area contributed by atoms with E-state index in [2.05, 4.69) is 32.6 Å². The van der Waals surface area contributed by atoms with Crippen LogP contribution in [0.3, 0.4) is 0 Å². The lowest BCUT2D eigenvalue weighted by atomic mass is 10.2. The van der Waals surface area contributed by atoms with Crippen molar-refractivity contribution in [3.8, 4) is 5.75 Å². The van der Waals surface area contributed by atoms with Gasteiger partial charge in [-0.25, -0.2) is 4.79 Å². The number of aromatic nitrogens is 1. The molecule has 5 nitrogen and oxygen atoms in total. The number of methoxy groups -OCH3 is 2. The molecule has 25 heavy (non-hydrogen) atoms. The van der Waals surface area contributed by atoms with E-state index < -0.39 is 0 Å². The zero-order chi connectivity index (χ0) is 18.6. The number of fused-ring (bicyclic) bond motifs is 1. The lowest BCUT2D eigenvalue weighted by Gasteiger charge is -2.30. The smallest absolute Gasteiger partial charge is 0.358 e. The average Bonchev–Trinajstić information content (AvgIpc) is 2.91. The first-order chi connectivity index (χ1) is 11.9. The lowest BCUT2D eigenvalue weighted by molar-refractivity contribution is 0.0584. The summed E-state index contributed by atoms with van der Waals surface area (Å²) in [5, 5.41) is 0.940. The summed E-state index contributed by atoms with van der Waals surface area (Å²) in [5.41, 5.74) is 1.49. The van der Waals surface area contributed by atoms with E-state index in [-0.39, 0.29) is 5.97 Å². The van der Waals surface area contributed by atoms with Gasteiger partial charge in [0.25, 0.3) is 0 Å². The molecular weight excluding hydrogens is 316 g/mol. The van der Waals surface area contributed by atoms with Gasteiger partial charge in [0.05, 0.1) is 19.7 Å². The van der Waals surface area contributed by atoms with E-state index in [1.165, 1.54) is 7.11 Å². The first kappa shape index (κ1) is 19.3. The van der Waals surface area contributed by atoms with Crippen molar-refractivity contribution < 1.29 is 14.3 Å². The van der Waals surface area contributed by atoms with E-state index in [1.54, 1.807) is 7.11 Å². The van der Waals surface area contributed by atoms with Crippen molar-refractivity contribution in [3.05, 3.63) is 30.0 Å². The van der Waals surface area contributed by atoms with E-state index >= 15 is 0 Å². The van der Waals surface area contributed by atoms with Crippen LogP contribution in [0, 0.1) is 0 Å². The predicted molar refractivity (Wildman–Crippen MR) is 101 cm³/mol. The van der Waals surface area contributed by atoms with Gasteiger partial charge in [0.2, 0.25) is 0 Å². The number of aryl methyl sites for hydroxylation is 1. The van der Waals surface area contributed by atoms with Gasteiger partial charge in [-0.15, -0.1) is 0 Å². The van der Waals surface area contributed by atoms with Gasteiger partial charge in [-0.3, -0.25) is 4.90 Å². The molecule has 1 aromatic heterocycles. The van der Waals surface area contributed by atoms with Gasteiger partial charge in [-0.2, -0.15) is 0 Å². The number of carbonyl (C=O) groups is 1. The van der Waals surface area contributed by atoms with Crippen molar-refractivity contribution in [1.82, 2.24) is 9.47 Å². The highest BCUT2D eigenvalue weighted by atomic mass is 16.5. The molecule has 0 aliphatic rings. The first-order valence-electron chi connectivity index (χ1n) is 8.91. The monoisotopic (exact) mass is 346 g/mol. The Morgan fingerprint density at radius 3 is 2.32 bits per heavy atom. The number of ether oxygens (including phenoxy) is 2. The highest BCUT2D eigenvalue weighted by Crippen LogP contribution is 2.33. The molecule has 0 spiro atoms. The van der Waals surface area contributed by atoms with Crippen molar-refractivity contribution in [3.63, 3.8) is 0 Å². The second kappa shape index (κ2) is 8.39. The summed E-state index contributed by atoms with van der Waals surface area (Å²) in [6, 6.07) is 8.93. The second-order valence-corrected chi connectivity index (χ2v) is 6.82. The number of para-hydroxylation sites is 1. The number of carbonyl (C=O) groups excluding carboxylic acids is 1. The van der Waals surface area contributed by atoms with Gasteiger partial charge in [0.15, 0.2) is 11.4 Å². The molecule has 0 unspecified atom stereocenters. The minimum atomic E-state index is -0.363. The molecule has 0 atom stereocenters. The Morgan fingerprint density at radius 1 is 1.12 bits per heavy atom. The Hall–Kier alpha value is -2.01. The fourth-order valence-electron chi connectivity index (χ4n) is 3.53. The molecular formula is C20H30N2O3. The summed E-state index contributed by atoms with van der Waals surface area (Å²) < 4.78 is 12.6. The number of hydrogen-bond donors (Lipinski definition) is 0. The van der Waals surface area contributed by atoms with Crippen LogP contribution in [0.5, 0.6) is 5.75 Å². The number of esters is 1. The van der Waals surface area contributed by atoms with Crippen LogP contribution >= 0.6 is 0 Å². The minimum absolute atomic E-state index is 0.363. The number of hydrogen-bond acceptors (Lipinski definition) is 4. The van der Waals surface area contributed by atoms with Crippen LogP contribution in [0.15, 0.2) is 24.3 Å². The Balaban J connectivity index is 2.35. The molecule has 2 rings (SSSR count). The molecule has 0 aliphatic carbocycles. The van der Waals surface area contributed by atoms with Crippen molar-refractivity contribution in [2.75, 3.05) is 20.8 Å². The van der Waals surface area contributed by atoms with Crippen LogP contribution in [0.1, 0.15) is 44.6 Å². The second-order valence-electron chi connectivity index (χ2n) is 6.82. The molecule has 1 aromatic carbocycles. The van der Waals surface area contributed by atoms with Crippen molar-refractivity contribution in [1.29, 1.82) is 0 Å². The quantitative estimate of drug-likeness (QED) is 0.679. The van der Waals surface area contributed by atoms with Gasteiger partial charge in [0.1, 0.15) is 0 Å². The zero-order valence-corrected chi connectivity index (χ0v) is 16.2. The van der Waals surface area contributed by atoms with Crippen LogP contribution in [-0.4, -0.2) is 48.3 Å². The summed E-state index contributed by atoms with van der Waals surface area (Å²) in [6.07, 6.45) is 0.947. The lowest BCUT2D eigenvalue weighted by Crippen LogP contribution is -2.38. The van der Waals surface area contributed by atoms with Gasteiger partial charge in [-0.05, 0) is 46.2 Å². The fourth-order valence-corrected chi connectivity index (χ4v) is 3.53. The van der Waals surface area contributed by atoms with Crippen LogP contribution in [0.2, 0.25) is 0 Å². The molecule has 1 heterocycles. The molecule has 2 aromatic rings. The number of benzene rings is 1. The standard InChI is InChI=1S/C20H30N2O3/c1-14(2)21(15(3)4)12-9-13-22-17-11-8-7-10-16(17)19(24-5)18(22)20(23)25-6/h7-8,10-11,14-15H,9,12-13H2,1-6H3. The van der Waals surface area contributed by atoms with Crippen molar-refractivity contribution in [2.45, 2.75) is 52.7 Å².